The molecule has 0 spiro atoms. The van der Waals surface area contributed by atoms with Crippen LogP contribution in [0.3, 0.4) is 0 Å². The fourth-order valence-electron chi connectivity index (χ4n) is 1.05. The highest BCUT2D eigenvalue weighted by molar-refractivity contribution is 9.10. The van der Waals surface area contributed by atoms with Gasteiger partial charge in [-0.15, -0.1) is 0 Å². The van der Waals surface area contributed by atoms with Gasteiger partial charge in [-0.25, -0.2) is 0 Å². The summed E-state index contributed by atoms with van der Waals surface area (Å²) in [4.78, 5) is 0. The summed E-state index contributed by atoms with van der Waals surface area (Å²) in [6.07, 6.45) is -5.20. The monoisotopic (exact) mass is 298 g/mol. The predicted molar refractivity (Wildman–Crippen MR) is 56.2 cm³/mol. The van der Waals surface area contributed by atoms with Crippen molar-refractivity contribution < 1.29 is 23.0 Å². The molecule has 0 radical (unpaired) electrons. The molecule has 90 valence electrons. The first kappa shape index (κ1) is 13.3. The second kappa shape index (κ2) is 5.54. The minimum Gasteiger partial charge on any atom is -0.493 e. The second-order valence-electron chi connectivity index (χ2n) is 3.12. The summed E-state index contributed by atoms with van der Waals surface area (Å²) in [5.74, 6) is 0.316. The predicted octanol–water partition coefficient (Wildman–Crippen LogP) is 3.27. The number of hydrogen-bond donors (Lipinski definition) is 1. The lowest BCUT2D eigenvalue weighted by atomic mass is 10.2. The van der Waals surface area contributed by atoms with E-state index >= 15 is 0 Å². The van der Waals surface area contributed by atoms with Crippen LogP contribution in [0.25, 0.3) is 0 Å². The molecule has 0 fully saturated rings. The molecule has 0 atom stereocenters. The smallest absolute Gasteiger partial charge is 0.392 e. The Labute approximate surface area is 99.2 Å². The van der Waals surface area contributed by atoms with Gasteiger partial charge in [-0.3, -0.25) is 0 Å². The molecule has 0 saturated heterocycles. The van der Waals surface area contributed by atoms with Gasteiger partial charge in [-0.05, 0) is 23.8 Å². The first-order valence-electron chi connectivity index (χ1n) is 4.51. The van der Waals surface area contributed by atoms with Crippen LogP contribution < -0.4 is 4.74 Å². The van der Waals surface area contributed by atoms with E-state index in [2.05, 4.69) is 15.9 Å². The molecular weight excluding hydrogens is 289 g/mol. The summed E-state index contributed by atoms with van der Waals surface area (Å²) in [7, 11) is 0. The molecule has 1 N–H and O–H groups in total. The molecule has 0 aliphatic carbocycles. The lowest BCUT2D eigenvalue weighted by molar-refractivity contribution is -0.139. The van der Waals surface area contributed by atoms with Gasteiger partial charge in [0.05, 0.1) is 19.6 Å². The van der Waals surface area contributed by atoms with Crippen LogP contribution in [0.4, 0.5) is 13.2 Å². The first-order chi connectivity index (χ1) is 7.42. The molecule has 0 aliphatic rings. The molecule has 16 heavy (non-hydrogen) atoms. The fraction of sp³-hybridized carbons (Fsp3) is 0.400. The van der Waals surface area contributed by atoms with Crippen LogP contribution in [0.1, 0.15) is 12.0 Å². The van der Waals surface area contributed by atoms with E-state index in [0.29, 0.717) is 15.8 Å². The van der Waals surface area contributed by atoms with Gasteiger partial charge in [0.1, 0.15) is 5.75 Å². The lowest BCUT2D eigenvalue weighted by Crippen LogP contribution is -2.13. The molecule has 0 aromatic heterocycles. The van der Waals surface area contributed by atoms with Gasteiger partial charge in [-0.2, -0.15) is 13.2 Å². The van der Waals surface area contributed by atoms with Gasteiger partial charge in [0.25, 0.3) is 0 Å². The van der Waals surface area contributed by atoms with Crippen molar-refractivity contribution >= 4 is 15.9 Å². The van der Waals surface area contributed by atoms with E-state index in [1.807, 2.05) is 0 Å². The molecule has 0 amide bonds. The van der Waals surface area contributed by atoms with E-state index in [1.54, 1.807) is 12.1 Å². The maximum atomic E-state index is 11.8. The zero-order valence-corrected chi connectivity index (χ0v) is 9.81. The van der Waals surface area contributed by atoms with Crippen LogP contribution >= 0.6 is 15.9 Å². The Morgan fingerprint density at radius 3 is 2.56 bits per heavy atom. The third-order valence-corrected chi connectivity index (χ3v) is 2.62. The van der Waals surface area contributed by atoms with Crippen molar-refractivity contribution in [2.75, 3.05) is 6.61 Å². The quantitative estimate of drug-likeness (QED) is 0.924. The summed E-state index contributed by atoms with van der Waals surface area (Å²) in [6.45, 7) is -0.618. The zero-order valence-electron chi connectivity index (χ0n) is 8.22. The maximum absolute atomic E-state index is 11.8. The largest absolute Gasteiger partial charge is 0.493 e. The van der Waals surface area contributed by atoms with Crippen molar-refractivity contribution in [3.05, 3.63) is 28.2 Å². The van der Waals surface area contributed by atoms with Crippen molar-refractivity contribution in [3.63, 3.8) is 0 Å². The summed E-state index contributed by atoms with van der Waals surface area (Å²) >= 11 is 3.19. The molecule has 6 heteroatoms. The van der Waals surface area contributed by atoms with Crippen LogP contribution in [0.2, 0.25) is 0 Å². The number of benzene rings is 1. The number of aliphatic hydroxyl groups excluding tert-OH is 1. The second-order valence-corrected chi connectivity index (χ2v) is 3.98. The Morgan fingerprint density at radius 2 is 2.00 bits per heavy atom. The Balaban J connectivity index is 2.55. The summed E-state index contributed by atoms with van der Waals surface area (Å²) in [5, 5.41) is 8.93. The first-order valence-corrected chi connectivity index (χ1v) is 5.30. The summed E-state index contributed by atoms with van der Waals surface area (Å²) in [5.41, 5.74) is 0.574. The summed E-state index contributed by atoms with van der Waals surface area (Å²) in [6, 6.07) is 4.66. The van der Waals surface area contributed by atoms with Gasteiger partial charge in [0.2, 0.25) is 0 Å². The third-order valence-electron chi connectivity index (χ3n) is 1.84. The highest BCUT2D eigenvalue weighted by Crippen LogP contribution is 2.24. The zero-order chi connectivity index (χ0) is 12.2. The van der Waals surface area contributed by atoms with E-state index in [4.69, 9.17) is 9.84 Å². The number of ether oxygens (including phenoxy) is 1. The third kappa shape index (κ3) is 4.40. The number of rotatable bonds is 4. The minimum atomic E-state index is -4.21. The molecule has 0 saturated carbocycles. The number of hydrogen-bond acceptors (Lipinski definition) is 2. The maximum Gasteiger partial charge on any atom is 0.392 e. The Hall–Kier alpha value is -0.750. The van der Waals surface area contributed by atoms with Crippen LogP contribution in [0.15, 0.2) is 22.7 Å². The average molecular weight is 299 g/mol. The van der Waals surface area contributed by atoms with E-state index in [1.165, 1.54) is 6.07 Å². The molecule has 0 aliphatic heterocycles. The van der Waals surface area contributed by atoms with Crippen molar-refractivity contribution in [3.8, 4) is 5.75 Å². The van der Waals surface area contributed by atoms with E-state index in [0.717, 1.165) is 0 Å². The van der Waals surface area contributed by atoms with Crippen molar-refractivity contribution in [2.24, 2.45) is 0 Å². The van der Waals surface area contributed by atoms with Gasteiger partial charge in [0, 0.05) is 4.47 Å². The van der Waals surface area contributed by atoms with Crippen molar-refractivity contribution in [1.29, 1.82) is 0 Å². The number of alkyl halides is 3. The lowest BCUT2D eigenvalue weighted by Gasteiger charge is -2.10. The van der Waals surface area contributed by atoms with Crippen LogP contribution in [-0.4, -0.2) is 17.9 Å². The molecule has 2 nitrogen and oxygen atoms in total. The Morgan fingerprint density at radius 1 is 1.31 bits per heavy atom. The molecule has 0 heterocycles. The standard InChI is InChI=1S/C10H10BrF3O2/c11-9-2-1-8(5-7(9)6-15)16-4-3-10(12,13)14/h1-2,5,15H,3-4,6H2. The van der Waals surface area contributed by atoms with Crippen LogP contribution in [0, 0.1) is 0 Å². The highest BCUT2D eigenvalue weighted by atomic mass is 79.9. The van der Waals surface area contributed by atoms with Gasteiger partial charge in [0.15, 0.2) is 0 Å². The van der Waals surface area contributed by atoms with Crippen molar-refractivity contribution in [2.45, 2.75) is 19.2 Å². The van der Waals surface area contributed by atoms with E-state index < -0.39 is 19.2 Å². The van der Waals surface area contributed by atoms with E-state index in [-0.39, 0.29) is 6.61 Å². The van der Waals surface area contributed by atoms with Gasteiger partial charge < -0.3 is 9.84 Å². The van der Waals surface area contributed by atoms with E-state index in [9.17, 15) is 13.2 Å². The minimum absolute atomic E-state index is 0.197. The van der Waals surface area contributed by atoms with Crippen molar-refractivity contribution in [1.82, 2.24) is 0 Å². The topological polar surface area (TPSA) is 29.5 Å². The van der Waals surface area contributed by atoms with Crippen LogP contribution in [-0.2, 0) is 6.61 Å². The number of halogens is 4. The molecule has 0 bridgehead atoms. The average Bonchev–Trinajstić information content (AvgIpc) is 2.18. The Kier molecular flexibility index (Phi) is 4.61. The molecule has 1 aromatic carbocycles. The number of aliphatic hydroxyl groups is 1. The SMILES string of the molecule is OCc1cc(OCCC(F)(F)F)ccc1Br. The Bertz CT molecular complexity index is 352. The molecule has 1 rings (SSSR count). The molecule has 0 unspecified atom stereocenters. The van der Waals surface area contributed by atoms with Gasteiger partial charge in [-0.1, -0.05) is 15.9 Å². The van der Waals surface area contributed by atoms with Crippen LogP contribution in [0.5, 0.6) is 5.75 Å². The highest BCUT2D eigenvalue weighted by Gasteiger charge is 2.26. The van der Waals surface area contributed by atoms with Gasteiger partial charge >= 0.3 is 6.18 Å². The summed E-state index contributed by atoms with van der Waals surface area (Å²) < 4.78 is 41.1. The molecular formula is C10H10BrF3O2. The fourth-order valence-corrected chi connectivity index (χ4v) is 1.42. The normalized spacial score (nSPS) is 11.6. The molecule has 1 aromatic rings.